The van der Waals surface area contributed by atoms with Gasteiger partial charge in [-0.1, -0.05) is 46.2 Å². The first-order chi connectivity index (χ1) is 36.7. The van der Waals surface area contributed by atoms with Crippen molar-refractivity contribution in [2.45, 2.75) is 108 Å². The largest absolute Gasteiger partial charge is 0.481 e. The summed E-state index contributed by atoms with van der Waals surface area (Å²) < 4.78 is 9.08. The summed E-state index contributed by atoms with van der Waals surface area (Å²) in [6.45, 7) is 6.68. The Morgan fingerprint density at radius 2 is 0.975 bits per heavy atom. The molecule has 80 heavy (non-hydrogen) atoms. The molecule has 0 radical (unpaired) electrons. The number of hydrogen-bond donors (Lipinski definition) is 23. The summed E-state index contributed by atoms with van der Waals surface area (Å²) in [6, 6.07) is -1.00. The summed E-state index contributed by atoms with van der Waals surface area (Å²) in [7, 11) is 0. The van der Waals surface area contributed by atoms with Gasteiger partial charge in [-0.15, -0.1) is 0 Å². The second-order valence-corrected chi connectivity index (χ2v) is 16.5. The molecule has 0 aromatic heterocycles. The second-order valence-electron chi connectivity index (χ2n) is 15.8. The molecule has 0 fully saturated rings. The zero-order valence-corrected chi connectivity index (χ0v) is 46.3. The van der Waals surface area contributed by atoms with Crippen LogP contribution < -0.4 is 73.5 Å². The highest BCUT2D eigenvalue weighted by Gasteiger charge is 2.22. The number of hydrogen-bond acceptors (Lipinski definition) is 27. The minimum absolute atomic E-state index is 0.0129. The molecular weight excluding hydrogens is 1110 g/mol. The summed E-state index contributed by atoms with van der Waals surface area (Å²) in [5, 5.41) is 73.7. The number of aliphatic carboxylic acids is 8. The van der Waals surface area contributed by atoms with Crippen LogP contribution in [0.5, 0.6) is 5.75 Å². The van der Waals surface area contributed by atoms with Gasteiger partial charge in [0.1, 0.15) is 54.1 Å². The fraction of sp³-hybridized carbons (Fsp3) is 0.581. The van der Waals surface area contributed by atoms with Crippen molar-refractivity contribution in [1.82, 2.24) is 0 Å². The van der Waals surface area contributed by atoms with E-state index in [4.69, 9.17) is 114 Å². The molecule has 0 aliphatic carbocycles. The van der Waals surface area contributed by atoms with Crippen LogP contribution in [0.2, 0.25) is 0 Å². The van der Waals surface area contributed by atoms with Crippen LogP contribution in [0.1, 0.15) is 58.9 Å². The van der Waals surface area contributed by atoms with Crippen LogP contribution in [-0.4, -0.2) is 204 Å². The molecule has 1 aromatic carbocycles. The molecule has 0 bridgehead atoms. The van der Waals surface area contributed by atoms with Gasteiger partial charge in [-0.3, -0.25) is 48.1 Å². The predicted molar refractivity (Wildman–Crippen MR) is 293 cm³/mol. The van der Waals surface area contributed by atoms with Crippen LogP contribution in [0.25, 0.3) is 0 Å². The molecule has 464 valence electrons. The van der Waals surface area contributed by atoms with E-state index in [2.05, 4.69) is 40.7 Å². The van der Waals surface area contributed by atoms with E-state index in [-0.39, 0.29) is 48.8 Å². The lowest BCUT2D eigenvalue weighted by atomic mass is 10.0. The lowest BCUT2D eigenvalue weighted by Crippen LogP contribution is -2.41. The van der Waals surface area contributed by atoms with E-state index in [1.807, 2.05) is 13.8 Å². The van der Waals surface area contributed by atoms with Crippen molar-refractivity contribution in [2.24, 2.45) is 85.6 Å². The van der Waals surface area contributed by atoms with Gasteiger partial charge in [-0.25, -0.2) is 9.59 Å². The normalized spacial score (nSPS) is 13.1. The van der Waals surface area contributed by atoms with Gasteiger partial charge < -0.3 is 124 Å². The Labute approximate surface area is 470 Å². The van der Waals surface area contributed by atoms with Gasteiger partial charge >= 0.3 is 65.7 Å². The number of carbonyl (C=O) groups excluding carboxylic acids is 3. The standard InChI is InChI=1S/C11H14N2O4.C6H14N4O2.C6H12N2O4S.C6H13NO2.C5H11NO2.C4H7NO4.C3H7NO2S.C2H5NO2/c12-6-10(14)17-8-3-1-7(2-4-8)5-9(13)11(15)16;7-4(5(11)12)2-1-3-10-6(8)9;7-3(1-9)5(10)12-6(11)4(8)2-13;1-3-4(2)5(7)6(8)9;1-3(2)4(6)5(7)8;5-2(4(8)9)1-3(6)7;4-2(1-7)3(5)6;3-1-2(4)5/h1-4,9H,5-6,12-13H2,(H,15,16);4H,1-3,7H2,(H,11,12)(H4,8,9,10);3-4,9,13H,1-2,7-8H2;4-5H,3,7H2,1-2H3,(H,8,9);3-4H,6H2,1-2H3,(H,7,8);2H,1,5H2,(H,6,7)(H,8,9);2,7H,1,4H2,(H,5,6);1,3H2,(H,4,5)/t9-;4-;3-,4-;4-,5-;4-;2*2-;/m0000000./s1. The number of nitrogens with two attached hydrogens (primary N) is 12. The molecule has 0 heterocycles. The third-order valence-electron chi connectivity index (χ3n) is 8.53. The molecule has 33 N–H and O–H groups in total. The van der Waals surface area contributed by atoms with E-state index in [1.165, 1.54) is 0 Å². The molecule has 0 aliphatic rings. The van der Waals surface area contributed by atoms with E-state index in [9.17, 15) is 52.7 Å². The van der Waals surface area contributed by atoms with Crippen molar-refractivity contribution in [3.8, 4) is 5.75 Å². The van der Waals surface area contributed by atoms with E-state index >= 15 is 0 Å². The number of guanidine groups is 1. The molecule has 0 saturated heterocycles. The number of thiol groups is 2. The van der Waals surface area contributed by atoms with Crippen molar-refractivity contribution in [1.29, 1.82) is 0 Å². The Morgan fingerprint density at radius 3 is 1.23 bits per heavy atom. The quantitative estimate of drug-likeness (QED) is 0.00823. The summed E-state index contributed by atoms with van der Waals surface area (Å²) in [5.74, 6) is -10.1. The van der Waals surface area contributed by atoms with Crippen molar-refractivity contribution in [2.75, 3.05) is 37.7 Å². The smallest absolute Gasteiger partial charge is 0.332 e. The Bertz CT molecular complexity index is 1990. The third kappa shape index (κ3) is 57.3. The maximum atomic E-state index is 10.9. The number of ether oxygens (including phenoxy) is 2. The Hall–Kier alpha value is -6.88. The SMILES string of the molecule is CC(C)[C@H](N)C(=O)O.CC[C@H](C)[C@H](N)C(=O)O.NC(N)=NCCC[C@H](N)C(=O)O.NCC(=O)O.NCC(=O)Oc1ccc(C[C@H](N)C(=O)O)cc1.N[C@@H](CC(=O)O)C(=O)O.N[C@@H](CO)C(=O)OC(=O)[C@@H](N)CS.N[C@@H](CS)C(=O)O. The molecule has 0 amide bonds. The highest BCUT2D eigenvalue weighted by atomic mass is 32.1. The van der Waals surface area contributed by atoms with Crippen LogP contribution in [-0.2, 0) is 63.9 Å². The van der Waals surface area contributed by atoms with E-state index in [1.54, 1.807) is 38.1 Å². The predicted octanol–water partition coefficient (Wildman–Crippen LogP) is -6.68. The number of aliphatic imine (C=N–C) groups is 1. The topological polar surface area (TPSA) is 713 Å². The lowest BCUT2D eigenvalue weighted by molar-refractivity contribution is -0.162. The molecule has 0 unspecified atom stereocenters. The van der Waals surface area contributed by atoms with Gasteiger partial charge in [-0.2, -0.15) is 25.3 Å². The molecule has 1 aromatic rings. The van der Waals surface area contributed by atoms with Gasteiger partial charge in [0.05, 0.1) is 26.1 Å². The Morgan fingerprint density at radius 1 is 0.562 bits per heavy atom. The molecule has 1 rings (SSSR count). The van der Waals surface area contributed by atoms with Crippen LogP contribution in [0.4, 0.5) is 0 Å². The number of aliphatic hydroxyl groups is 1. The number of rotatable bonds is 25. The number of carboxylic acid groups (broad SMARTS) is 8. The zero-order valence-electron chi connectivity index (χ0n) is 44.5. The lowest BCUT2D eigenvalue weighted by Gasteiger charge is -2.11. The summed E-state index contributed by atoms with van der Waals surface area (Å²) in [4.78, 5) is 116. The minimum Gasteiger partial charge on any atom is -0.481 e. The summed E-state index contributed by atoms with van der Waals surface area (Å²) in [6.07, 6.45) is 1.46. The number of carbonyl (C=O) groups is 11. The molecular formula is C43H83N13O22S2. The van der Waals surface area contributed by atoms with Crippen LogP contribution in [0.3, 0.4) is 0 Å². The average molecular weight is 1200 g/mol. The van der Waals surface area contributed by atoms with Gasteiger partial charge in [0.2, 0.25) is 0 Å². The number of esters is 3. The van der Waals surface area contributed by atoms with Crippen molar-refractivity contribution in [3.63, 3.8) is 0 Å². The number of aliphatic hydroxyl groups excluding tert-OH is 1. The van der Waals surface area contributed by atoms with Crippen LogP contribution in [0, 0.1) is 11.8 Å². The third-order valence-corrected chi connectivity index (χ3v) is 9.31. The first-order valence-corrected chi connectivity index (χ1v) is 24.2. The Kier molecular flexibility index (Phi) is 57.4. The first kappa shape index (κ1) is 87.0. The Balaban J connectivity index is -0.000000156. The van der Waals surface area contributed by atoms with Crippen molar-refractivity contribution >= 4 is 96.9 Å². The minimum atomic E-state index is -1.29. The number of benzene rings is 1. The fourth-order valence-corrected chi connectivity index (χ4v) is 3.69. The van der Waals surface area contributed by atoms with Gasteiger partial charge in [0.15, 0.2) is 5.96 Å². The molecule has 35 nitrogen and oxygen atoms in total. The van der Waals surface area contributed by atoms with Gasteiger partial charge in [0, 0.05) is 18.1 Å². The van der Waals surface area contributed by atoms with Crippen molar-refractivity contribution < 1.29 is 108 Å². The molecule has 9 atom stereocenters. The molecule has 0 spiro atoms. The number of carboxylic acids is 8. The van der Waals surface area contributed by atoms with Crippen LogP contribution >= 0.6 is 25.3 Å². The average Bonchev–Trinajstić information content (AvgIpc) is 3.39. The molecule has 37 heteroatoms. The number of nitrogens with zero attached hydrogens (tertiary/aromatic N) is 1. The van der Waals surface area contributed by atoms with E-state index in [0.29, 0.717) is 25.1 Å². The second kappa shape index (κ2) is 52.8. The molecule has 0 aliphatic heterocycles. The van der Waals surface area contributed by atoms with E-state index in [0.717, 1.165) is 12.0 Å². The first-order valence-electron chi connectivity index (χ1n) is 22.9. The highest BCUT2D eigenvalue weighted by molar-refractivity contribution is 7.80. The van der Waals surface area contributed by atoms with Gasteiger partial charge in [0.25, 0.3) is 0 Å². The molecule has 0 saturated carbocycles. The maximum Gasteiger partial charge on any atom is 0.332 e. The van der Waals surface area contributed by atoms with Crippen LogP contribution in [0.15, 0.2) is 29.3 Å². The maximum absolute atomic E-state index is 10.9. The summed E-state index contributed by atoms with van der Waals surface area (Å²) >= 11 is 7.38. The van der Waals surface area contributed by atoms with Crippen molar-refractivity contribution in [3.05, 3.63) is 29.8 Å². The monoisotopic (exact) mass is 1200 g/mol. The van der Waals surface area contributed by atoms with Gasteiger partial charge in [-0.05, 0) is 48.8 Å². The highest BCUT2D eigenvalue weighted by Crippen LogP contribution is 2.13. The zero-order chi connectivity index (χ0) is 64.6. The fourth-order valence-electron chi connectivity index (χ4n) is 3.39. The van der Waals surface area contributed by atoms with E-state index < -0.39 is 127 Å². The summed E-state index contributed by atoms with van der Waals surface area (Å²) in [5.41, 5.74) is 61.6.